The molecule has 0 saturated heterocycles. The third-order valence-corrected chi connectivity index (χ3v) is 2.51. The van der Waals surface area contributed by atoms with Gasteiger partial charge in [0.2, 0.25) is 0 Å². The van der Waals surface area contributed by atoms with Gasteiger partial charge in [0.25, 0.3) is 0 Å². The van der Waals surface area contributed by atoms with E-state index in [2.05, 4.69) is 4.98 Å². The Morgan fingerprint density at radius 1 is 1.06 bits per heavy atom. The summed E-state index contributed by atoms with van der Waals surface area (Å²) in [4.78, 5) is 4.20. The van der Waals surface area contributed by atoms with Gasteiger partial charge >= 0.3 is 0 Å². The van der Waals surface area contributed by atoms with Crippen LogP contribution in [0.3, 0.4) is 0 Å². The first-order valence-electron chi connectivity index (χ1n) is 5.12. The van der Waals surface area contributed by atoms with E-state index in [1.807, 2.05) is 44.2 Å². The van der Waals surface area contributed by atoms with Gasteiger partial charge in [-0.1, -0.05) is 0 Å². The Kier molecular flexibility index (Phi) is 2.77. The molecule has 2 N–H and O–H groups in total. The van der Waals surface area contributed by atoms with Crippen LogP contribution in [0.4, 0.5) is 5.69 Å². The van der Waals surface area contributed by atoms with Crippen molar-refractivity contribution in [2.45, 2.75) is 13.8 Å². The number of anilines is 1. The molecule has 0 saturated carbocycles. The van der Waals surface area contributed by atoms with E-state index in [9.17, 15) is 0 Å². The van der Waals surface area contributed by atoms with Crippen LogP contribution in [-0.4, -0.2) is 4.98 Å². The minimum Gasteiger partial charge on any atom is -0.457 e. The van der Waals surface area contributed by atoms with E-state index in [0.717, 1.165) is 28.4 Å². The summed E-state index contributed by atoms with van der Waals surface area (Å²) < 4.78 is 5.75. The summed E-state index contributed by atoms with van der Waals surface area (Å²) in [5.41, 5.74) is 8.37. The minimum atomic E-state index is 0.731. The van der Waals surface area contributed by atoms with Crippen LogP contribution in [0.15, 0.2) is 36.5 Å². The Bertz CT molecular complexity index is 492. The van der Waals surface area contributed by atoms with Crippen LogP contribution < -0.4 is 10.5 Å². The Morgan fingerprint density at radius 3 is 2.44 bits per heavy atom. The maximum absolute atomic E-state index is 5.75. The van der Waals surface area contributed by atoms with Crippen molar-refractivity contribution in [3.63, 3.8) is 0 Å². The van der Waals surface area contributed by atoms with Gasteiger partial charge in [0.05, 0.1) is 0 Å². The number of ether oxygens (including phenoxy) is 1. The molecule has 1 heterocycles. The first kappa shape index (κ1) is 10.5. The number of rotatable bonds is 2. The van der Waals surface area contributed by atoms with Gasteiger partial charge in [0.15, 0.2) is 0 Å². The van der Waals surface area contributed by atoms with Crippen molar-refractivity contribution in [3.8, 4) is 11.5 Å². The molecule has 0 amide bonds. The van der Waals surface area contributed by atoms with Crippen molar-refractivity contribution in [2.75, 3.05) is 5.73 Å². The van der Waals surface area contributed by atoms with Gasteiger partial charge in [-0.15, -0.1) is 0 Å². The second-order valence-electron chi connectivity index (χ2n) is 3.69. The van der Waals surface area contributed by atoms with E-state index in [1.54, 1.807) is 6.20 Å². The molecule has 2 aromatic rings. The molecule has 0 unspecified atom stereocenters. The van der Waals surface area contributed by atoms with Crippen molar-refractivity contribution in [1.82, 2.24) is 4.98 Å². The predicted octanol–water partition coefficient (Wildman–Crippen LogP) is 3.07. The second-order valence-corrected chi connectivity index (χ2v) is 3.69. The molecule has 0 aliphatic rings. The zero-order chi connectivity index (χ0) is 11.5. The third kappa shape index (κ3) is 2.14. The fraction of sp³-hybridized carbons (Fsp3) is 0.154. The number of hydrogen-bond donors (Lipinski definition) is 1. The van der Waals surface area contributed by atoms with Gasteiger partial charge < -0.3 is 10.5 Å². The molecule has 82 valence electrons. The number of hydrogen-bond acceptors (Lipinski definition) is 3. The van der Waals surface area contributed by atoms with Gasteiger partial charge in [-0.2, -0.15) is 0 Å². The summed E-state index contributed by atoms with van der Waals surface area (Å²) in [6, 6.07) is 9.20. The number of nitrogens with two attached hydrogens (primary N) is 1. The predicted molar refractivity (Wildman–Crippen MR) is 64.6 cm³/mol. The highest BCUT2D eigenvalue weighted by Crippen LogP contribution is 2.26. The van der Waals surface area contributed by atoms with E-state index in [-0.39, 0.29) is 0 Å². The summed E-state index contributed by atoms with van der Waals surface area (Å²) in [5, 5.41) is 0. The smallest absolute Gasteiger partial charge is 0.133 e. The lowest BCUT2D eigenvalue weighted by molar-refractivity contribution is 0.477. The normalized spacial score (nSPS) is 10.1. The Balaban J connectivity index is 2.27. The molecule has 1 aromatic heterocycles. The SMILES string of the molecule is Cc1nccc(Oc2ccc(N)cc2)c1C. The number of nitrogen functional groups attached to an aromatic ring is 1. The first-order chi connectivity index (χ1) is 7.66. The molecule has 16 heavy (non-hydrogen) atoms. The number of aromatic nitrogens is 1. The molecule has 3 heteroatoms. The fourth-order valence-electron chi connectivity index (χ4n) is 1.39. The number of benzene rings is 1. The van der Waals surface area contributed by atoms with Gasteiger partial charge in [-0.3, -0.25) is 4.98 Å². The quantitative estimate of drug-likeness (QED) is 0.781. The lowest BCUT2D eigenvalue weighted by Gasteiger charge is -2.09. The zero-order valence-corrected chi connectivity index (χ0v) is 9.40. The minimum absolute atomic E-state index is 0.731. The summed E-state index contributed by atoms with van der Waals surface area (Å²) >= 11 is 0. The van der Waals surface area contributed by atoms with Crippen molar-refractivity contribution in [3.05, 3.63) is 47.8 Å². The molecule has 0 bridgehead atoms. The average molecular weight is 214 g/mol. The summed E-state index contributed by atoms with van der Waals surface area (Å²) in [6.45, 7) is 3.96. The average Bonchev–Trinajstić information content (AvgIpc) is 2.28. The molecule has 2 rings (SSSR count). The second kappa shape index (κ2) is 4.23. The highest BCUT2D eigenvalue weighted by Gasteiger charge is 2.03. The van der Waals surface area contributed by atoms with Gasteiger partial charge in [-0.05, 0) is 44.2 Å². The van der Waals surface area contributed by atoms with E-state index < -0.39 is 0 Å². The molecule has 0 aliphatic carbocycles. The van der Waals surface area contributed by atoms with Crippen LogP contribution >= 0.6 is 0 Å². The molecule has 0 aliphatic heterocycles. The van der Waals surface area contributed by atoms with Gasteiger partial charge in [0.1, 0.15) is 11.5 Å². The largest absolute Gasteiger partial charge is 0.457 e. The lowest BCUT2D eigenvalue weighted by Crippen LogP contribution is -1.92. The lowest BCUT2D eigenvalue weighted by atomic mass is 10.2. The van der Waals surface area contributed by atoms with E-state index in [4.69, 9.17) is 10.5 Å². The number of pyridine rings is 1. The summed E-state index contributed by atoms with van der Waals surface area (Å²) in [7, 11) is 0. The van der Waals surface area contributed by atoms with Crippen LogP contribution in [-0.2, 0) is 0 Å². The summed E-state index contributed by atoms with van der Waals surface area (Å²) in [6.07, 6.45) is 1.75. The molecular formula is C13H14N2O. The molecule has 0 radical (unpaired) electrons. The van der Waals surface area contributed by atoms with E-state index in [0.29, 0.717) is 0 Å². The van der Waals surface area contributed by atoms with Gasteiger partial charge in [-0.25, -0.2) is 0 Å². The molecule has 0 fully saturated rings. The molecule has 1 aromatic carbocycles. The molecule has 3 nitrogen and oxygen atoms in total. The summed E-state index contributed by atoms with van der Waals surface area (Å²) in [5.74, 6) is 1.61. The Morgan fingerprint density at radius 2 is 1.75 bits per heavy atom. The fourth-order valence-corrected chi connectivity index (χ4v) is 1.39. The van der Waals surface area contributed by atoms with Crippen molar-refractivity contribution >= 4 is 5.69 Å². The van der Waals surface area contributed by atoms with Crippen molar-refractivity contribution < 1.29 is 4.74 Å². The van der Waals surface area contributed by atoms with Crippen LogP contribution in [0.5, 0.6) is 11.5 Å². The number of nitrogens with zero attached hydrogens (tertiary/aromatic N) is 1. The van der Waals surface area contributed by atoms with E-state index in [1.165, 1.54) is 0 Å². The first-order valence-corrected chi connectivity index (χ1v) is 5.12. The highest BCUT2D eigenvalue weighted by atomic mass is 16.5. The standard InChI is InChI=1S/C13H14N2O/c1-9-10(2)15-8-7-13(9)16-12-5-3-11(14)4-6-12/h3-8H,14H2,1-2H3. The molecule has 0 atom stereocenters. The maximum Gasteiger partial charge on any atom is 0.133 e. The molecular weight excluding hydrogens is 200 g/mol. The third-order valence-electron chi connectivity index (χ3n) is 2.51. The van der Waals surface area contributed by atoms with Gasteiger partial charge in [0, 0.05) is 23.1 Å². The van der Waals surface area contributed by atoms with E-state index >= 15 is 0 Å². The Labute approximate surface area is 94.9 Å². The van der Waals surface area contributed by atoms with Crippen LogP contribution in [0, 0.1) is 13.8 Å². The Hall–Kier alpha value is -2.03. The topological polar surface area (TPSA) is 48.1 Å². The number of aryl methyl sites for hydroxylation is 1. The van der Waals surface area contributed by atoms with Crippen molar-refractivity contribution in [1.29, 1.82) is 0 Å². The monoisotopic (exact) mass is 214 g/mol. The van der Waals surface area contributed by atoms with Crippen LogP contribution in [0.2, 0.25) is 0 Å². The maximum atomic E-state index is 5.75. The van der Waals surface area contributed by atoms with Crippen LogP contribution in [0.1, 0.15) is 11.3 Å². The van der Waals surface area contributed by atoms with Crippen LogP contribution in [0.25, 0.3) is 0 Å². The zero-order valence-electron chi connectivity index (χ0n) is 9.40. The van der Waals surface area contributed by atoms with Crippen molar-refractivity contribution in [2.24, 2.45) is 0 Å². The highest BCUT2D eigenvalue weighted by molar-refractivity contribution is 5.44. The molecule has 0 spiro atoms.